The summed E-state index contributed by atoms with van der Waals surface area (Å²) in [6.45, 7) is 0. The van der Waals surface area contributed by atoms with Gasteiger partial charge in [0.25, 0.3) is 0 Å². The first-order valence-electron chi connectivity index (χ1n) is 36.9. The van der Waals surface area contributed by atoms with Crippen LogP contribution in [0.2, 0.25) is 0 Å². The molecule has 0 fully saturated rings. The molecule has 0 spiro atoms. The van der Waals surface area contributed by atoms with Crippen LogP contribution in [0.4, 0.5) is 0 Å². The molecule has 20 aromatic rings. The number of nitrogens with zero attached hydrogens (tertiary/aromatic N) is 6. The summed E-state index contributed by atoms with van der Waals surface area (Å²) in [5.74, 6) is 3.65. The normalized spacial score (nSPS) is 11.3. The molecular weight excluding hydrogens is 1360 g/mol. The lowest BCUT2D eigenvalue weighted by molar-refractivity contribution is 0.669. The third-order valence-electron chi connectivity index (χ3n) is 20.2. The van der Waals surface area contributed by atoms with Gasteiger partial charge in [-0.15, -0.1) is 11.3 Å². The van der Waals surface area contributed by atoms with E-state index in [1.54, 1.807) is 11.3 Å². The van der Waals surface area contributed by atoms with Crippen molar-refractivity contribution in [3.05, 3.63) is 400 Å². The van der Waals surface area contributed by atoms with E-state index < -0.39 is 0 Å². The van der Waals surface area contributed by atoms with E-state index in [2.05, 4.69) is 364 Å². The maximum Gasteiger partial charge on any atom is 0.167 e. The molecule has 4 heterocycles. The Morgan fingerprint density at radius 3 is 0.845 bits per heavy atom. The van der Waals surface area contributed by atoms with Crippen molar-refractivity contribution in [3.8, 4) is 157 Å². The highest BCUT2D eigenvalue weighted by molar-refractivity contribution is 7.26. The van der Waals surface area contributed by atoms with Crippen molar-refractivity contribution in [2.45, 2.75) is 0 Å². The molecule has 0 atom stereocenters. The van der Waals surface area contributed by atoms with Crippen LogP contribution < -0.4 is 0 Å². The largest absolute Gasteiger partial charge is 0.455 e. The highest BCUT2D eigenvalue weighted by atomic mass is 32.1. The standard InChI is InChI=1S/C51H33N3O.C51H33N3S/c2*1-5-16-34(17-6-1)38-24-13-26-40(30-38)49-52-50(41-27-14-25-39(31-41)35-18-7-2-8-19-35)54-51(53-49)44-29-15-28-43-47-45(37-22-11-4-12-23-37)32-42(33-46(47)55-48(43)44)36-20-9-3-10-21-36/h2*1-33H. The fraction of sp³-hybridized carbons (Fsp3) is 0. The third kappa shape index (κ3) is 13.3. The van der Waals surface area contributed by atoms with Gasteiger partial charge >= 0.3 is 0 Å². The van der Waals surface area contributed by atoms with Crippen molar-refractivity contribution < 1.29 is 4.42 Å². The SMILES string of the molecule is c1ccc(-c2cccc(-c3nc(-c4cccc(-c5ccccc5)c4)nc(-c4cccc5c4oc4cc(-c6ccccc6)cc(-c6ccccc6)c45)n3)c2)cc1.c1ccc(-c2cccc(-c3nc(-c4cccc(-c5ccccc5)c4)nc(-c4cccc5c4sc4cc(-c6ccccc6)cc(-c6ccccc6)c45)n3)c2)cc1. The molecule has 16 aromatic carbocycles. The van der Waals surface area contributed by atoms with Gasteiger partial charge in [0.05, 0.1) is 5.56 Å². The van der Waals surface area contributed by atoms with Crippen LogP contribution in [0.15, 0.2) is 405 Å². The first-order chi connectivity index (χ1) is 54.5. The molecule has 0 radical (unpaired) electrons. The molecule has 0 unspecified atom stereocenters. The van der Waals surface area contributed by atoms with Crippen LogP contribution in [0.5, 0.6) is 0 Å². The minimum atomic E-state index is 0.546. The molecule has 0 bridgehead atoms. The predicted octanol–water partition coefficient (Wildman–Crippen LogP) is 27.3. The smallest absolute Gasteiger partial charge is 0.167 e. The highest BCUT2D eigenvalue weighted by Gasteiger charge is 2.24. The second kappa shape index (κ2) is 29.5. The van der Waals surface area contributed by atoms with E-state index in [1.165, 1.54) is 37.7 Å². The summed E-state index contributed by atoms with van der Waals surface area (Å²) >= 11 is 1.80. The molecular formula is C102H66N6OS. The number of para-hydroxylation sites is 1. The van der Waals surface area contributed by atoms with Gasteiger partial charge in [-0.25, -0.2) is 29.9 Å². The number of hydrogen-bond acceptors (Lipinski definition) is 8. The third-order valence-corrected chi connectivity index (χ3v) is 21.4. The van der Waals surface area contributed by atoms with E-state index in [1.807, 2.05) is 36.4 Å². The quantitative estimate of drug-likeness (QED) is 0.107. The van der Waals surface area contributed by atoms with E-state index in [9.17, 15) is 0 Å². The zero-order chi connectivity index (χ0) is 73.1. The molecule has 7 nitrogen and oxygen atoms in total. The number of rotatable bonds is 14. The summed E-state index contributed by atoms with van der Waals surface area (Å²) in [5, 5.41) is 4.50. The Labute approximate surface area is 641 Å². The van der Waals surface area contributed by atoms with Crippen molar-refractivity contribution in [1.29, 1.82) is 0 Å². The van der Waals surface area contributed by atoms with Crippen molar-refractivity contribution in [2.75, 3.05) is 0 Å². The zero-order valence-electron chi connectivity index (χ0n) is 59.6. The molecule has 0 N–H and O–H groups in total. The number of thiophene rings is 1. The molecule has 110 heavy (non-hydrogen) atoms. The van der Waals surface area contributed by atoms with E-state index >= 15 is 0 Å². The van der Waals surface area contributed by atoms with E-state index in [0.29, 0.717) is 34.9 Å². The summed E-state index contributed by atoms with van der Waals surface area (Å²) < 4.78 is 9.28. The zero-order valence-corrected chi connectivity index (χ0v) is 60.4. The fourth-order valence-electron chi connectivity index (χ4n) is 14.9. The summed E-state index contributed by atoms with van der Waals surface area (Å²) in [6, 6.07) is 140. The van der Waals surface area contributed by atoms with Crippen LogP contribution in [0.25, 0.3) is 199 Å². The topological polar surface area (TPSA) is 90.5 Å². The van der Waals surface area contributed by atoms with Crippen LogP contribution in [0.3, 0.4) is 0 Å². The summed E-state index contributed by atoms with van der Waals surface area (Å²) in [5.41, 5.74) is 25.2. The van der Waals surface area contributed by atoms with Gasteiger partial charge < -0.3 is 4.42 Å². The number of hydrogen-bond donors (Lipinski definition) is 0. The average molecular weight is 1420 g/mol. The molecule has 20 rings (SSSR count). The van der Waals surface area contributed by atoms with Crippen molar-refractivity contribution in [3.63, 3.8) is 0 Å². The van der Waals surface area contributed by atoms with Gasteiger partial charge in [0.2, 0.25) is 0 Å². The van der Waals surface area contributed by atoms with Gasteiger partial charge in [-0.2, -0.15) is 0 Å². The van der Waals surface area contributed by atoms with Crippen LogP contribution in [0, 0.1) is 0 Å². The molecule has 0 saturated carbocycles. The lowest BCUT2D eigenvalue weighted by Crippen LogP contribution is -2.00. The molecule has 8 heteroatoms. The van der Waals surface area contributed by atoms with Gasteiger partial charge in [-0.1, -0.05) is 340 Å². The van der Waals surface area contributed by atoms with Crippen LogP contribution >= 0.6 is 11.3 Å². The van der Waals surface area contributed by atoms with Gasteiger partial charge in [0, 0.05) is 58.8 Å². The average Bonchev–Trinajstić information content (AvgIpc) is 1.58. The second-order valence-electron chi connectivity index (χ2n) is 27.2. The first kappa shape index (κ1) is 66.3. The van der Waals surface area contributed by atoms with Crippen molar-refractivity contribution in [1.82, 2.24) is 29.9 Å². The Bertz CT molecular complexity index is 6130. The minimum absolute atomic E-state index is 0.546. The lowest BCUT2D eigenvalue weighted by atomic mass is 9.94. The lowest BCUT2D eigenvalue weighted by Gasteiger charge is -2.11. The first-order valence-corrected chi connectivity index (χ1v) is 37.7. The van der Waals surface area contributed by atoms with Gasteiger partial charge in [0.15, 0.2) is 34.9 Å². The molecule has 0 saturated heterocycles. The molecule has 0 aliphatic rings. The molecule has 0 amide bonds. The number of benzene rings is 16. The second-order valence-corrected chi connectivity index (χ2v) is 28.3. The molecule has 516 valence electrons. The number of furan rings is 1. The molecule has 0 aliphatic heterocycles. The van der Waals surface area contributed by atoms with Gasteiger partial charge in [-0.3, -0.25) is 0 Å². The van der Waals surface area contributed by atoms with Crippen molar-refractivity contribution in [2.24, 2.45) is 0 Å². The van der Waals surface area contributed by atoms with Crippen LogP contribution in [-0.4, -0.2) is 29.9 Å². The summed E-state index contributed by atoms with van der Waals surface area (Å²) in [4.78, 5) is 31.2. The maximum absolute atomic E-state index is 6.91. The van der Waals surface area contributed by atoms with Gasteiger partial charge in [-0.05, 0) is 150 Å². The number of aromatic nitrogens is 6. The van der Waals surface area contributed by atoms with E-state index in [-0.39, 0.29) is 0 Å². The highest BCUT2D eigenvalue weighted by Crippen LogP contribution is 2.48. The number of fused-ring (bicyclic) bond motifs is 6. The Morgan fingerprint density at radius 2 is 0.464 bits per heavy atom. The Hall–Kier alpha value is -14.4. The maximum atomic E-state index is 6.91. The predicted molar refractivity (Wildman–Crippen MR) is 456 cm³/mol. The minimum Gasteiger partial charge on any atom is -0.455 e. The Balaban J connectivity index is 0.000000149. The van der Waals surface area contributed by atoms with Crippen LogP contribution in [-0.2, 0) is 0 Å². The Morgan fingerprint density at radius 1 is 0.182 bits per heavy atom. The fourth-order valence-corrected chi connectivity index (χ4v) is 16.2. The van der Waals surface area contributed by atoms with E-state index in [4.69, 9.17) is 34.3 Å². The van der Waals surface area contributed by atoms with E-state index in [0.717, 1.165) is 127 Å². The summed E-state index contributed by atoms with van der Waals surface area (Å²) in [7, 11) is 0. The molecule has 0 aliphatic carbocycles. The monoisotopic (exact) mass is 1420 g/mol. The molecule has 4 aromatic heterocycles. The van der Waals surface area contributed by atoms with Crippen LogP contribution in [0.1, 0.15) is 0 Å². The van der Waals surface area contributed by atoms with Gasteiger partial charge in [0.1, 0.15) is 11.2 Å². The summed E-state index contributed by atoms with van der Waals surface area (Å²) in [6.07, 6.45) is 0. The Kier molecular flexibility index (Phi) is 17.8. The van der Waals surface area contributed by atoms with Crippen molar-refractivity contribution >= 4 is 53.4 Å².